The van der Waals surface area contributed by atoms with Gasteiger partial charge in [0.2, 0.25) is 0 Å². The van der Waals surface area contributed by atoms with Crippen LogP contribution in [0.4, 0.5) is 11.4 Å². The van der Waals surface area contributed by atoms with Crippen molar-refractivity contribution in [2.45, 2.75) is 0 Å². The van der Waals surface area contributed by atoms with Crippen LogP contribution in [0.3, 0.4) is 0 Å². The monoisotopic (exact) mass is 376 g/mol. The third kappa shape index (κ3) is 2.88. The molecule has 1 aliphatic heterocycles. The highest BCUT2D eigenvalue weighted by Crippen LogP contribution is 2.33. The third-order valence-corrected chi connectivity index (χ3v) is 4.62. The van der Waals surface area contributed by atoms with Gasteiger partial charge in [-0.3, -0.25) is 15.0 Å². The fourth-order valence-corrected chi connectivity index (χ4v) is 3.41. The summed E-state index contributed by atoms with van der Waals surface area (Å²) in [4.78, 5) is 25.9. The molecule has 0 spiro atoms. The summed E-state index contributed by atoms with van der Waals surface area (Å²) in [7, 11) is 1.80. The fraction of sp³-hybridized carbons (Fsp3) is 0.0500. The lowest BCUT2D eigenvalue weighted by Crippen LogP contribution is -2.52. The Bertz CT molecular complexity index is 1060. The molecule has 27 heavy (non-hydrogen) atoms. The van der Waals surface area contributed by atoms with Gasteiger partial charge in [-0.15, -0.1) is 0 Å². The van der Waals surface area contributed by atoms with Crippen LogP contribution in [0.2, 0.25) is 0 Å². The van der Waals surface area contributed by atoms with Crippen molar-refractivity contribution < 1.29 is 9.59 Å². The van der Waals surface area contributed by atoms with Crippen LogP contribution in [0.5, 0.6) is 0 Å². The average Bonchev–Trinajstić information content (AvgIpc) is 2.69. The number of thiocarbonyl (C=S) groups is 1. The number of imide groups is 1. The van der Waals surface area contributed by atoms with Crippen molar-refractivity contribution in [2.24, 2.45) is 0 Å². The Morgan fingerprint density at radius 2 is 1.59 bits per heavy atom. The van der Waals surface area contributed by atoms with Gasteiger partial charge in [0.25, 0.3) is 11.8 Å². The lowest BCUT2D eigenvalue weighted by Gasteiger charge is -2.28. The van der Waals surface area contributed by atoms with Crippen LogP contribution in [0, 0.1) is 0 Å². The van der Waals surface area contributed by atoms with Gasteiger partial charge in [-0.05, 0) is 42.5 Å². The number of hydrogen-bond donors (Lipinski definition) is 3. The molecule has 1 aliphatic rings. The van der Waals surface area contributed by atoms with E-state index < -0.39 is 11.8 Å². The summed E-state index contributed by atoms with van der Waals surface area (Å²) in [5.74, 6) is -0.882. The first kappa shape index (κ1) is 17.0. The SMILES string of the molecule is CNc1ccc2c3c(cccc13)C(=O)N(NC(=S)Nc1ccccc1)C2=O. The lowest BCUT2D eigenvalue weighted by molar-refractivity contribution is 0.0568. The Kier molecular flexibility index (Phi) is 4.21. The number of rotatable bonds is 3. The molecule has 3 N–H and O–H groups in total. The van der Waals surface area contributed by atoms with E-state index >= 15 is 0 Å². The molecule has 0 aromatic heterocycles. The van der Waals surface area contributed by atoms with E-state index in [0.717, 1.165) is 21.8 Å². The molecule has 0 radical (unpaired) electrons. The van der Waals surface area contributed by atoms with Gasteiger partial charge in [0.05, 0.1) is 11.1 Å². The summed E-state index contributed by atoms with van der Waals surface area (Å²) in [6.07, 6.45) is 0. The summed E-state index contributed by atoms with van der Waals surface area (Å²) < 4.78 is 0. The van der Waals surface area contributed by atoms with Crippen LogP contribution in [0.1, 0.15) is 20.7 Å². The number of nitrogens with zero attached hydrogens (tertiary/aromatic N) is 1. The number of benzene rings is 3. The quantitative estimate of drug-likeness (QED) is 0.481. The standard InChI is InChI=1S/C20H16N4O2S/c1-21-16-11-10-15-17-13(16)8-5-9-14(17)18(25)24(19(15)26)23-20(27)22-12-6-3-2-4-7-12/h2-11,21H,1H3,(H2,22,23,27). The van der Waals surface area contributed by atoms with Gasteiger partial charge in [0.15, 0.2) is 5.11 Å². The molecular formula is C20H16N4O2S. The molecule has 0 saturated heterocycles. The zero-order valence-electron chi connectivity index (χ0n) is 14.4. The van der Waals surface area contributed by atoms with E-state index in [1.165, 1.54) is 0 Å². The molecule has 2 amide bonds. The third-order valence-electron chi connectivity index (χ3n) is 4.42. The molecule has 3 aromatic carbocycles. The number of nitrogens with one attached hydrogen (secondary N) is 3. The molecule has 0 saturated carbocycles. The Morgan fingerprint density at radius 1 is 0.889 bits per heavy atom. The molecule has 0 bridgehead atoms. The Hall–Kier alpha value is -3.45. The van der Waals surface area contributed by atoms with Crippen LogP contribution in [0.25, 0.3) is 10.8 Å². The van der Waals surface area contributed by atoms with Crippen molar-refractivity contribution >= 4 is 51.3 Å². The van der Waals surface area contributed by atoms with Crippen LogP contribution in [0.15, 0.2) is 60.7 Å². The summed E-state index contributed by atoms with van der Waals surface area (Å²) in [6.45, 7) is 0. The molecule has 4 rings (SSSR count). The van der Waals surface area contributed by atoms with E-state index in [9.17, 15) is 9.59 Å². The molecule has 3 aromatic rings. The van der Waals surface area contributed by atoms with Crippen LogP contribution < -0.4 is 16.1 Å². The predicted molar refractivity (Wildman–Crippen MR) is 110 cm³/mol. The molecular weight excluding hydrogens is 360 g/mol. The van der Waals surface area contributed by atoms with Crippen LogP contribution in [-0.2, 0) is 0 Å². The van der Waals surface area contributed by atoms with Gasteiger partial charge in [-0.1, -0.05) is 30.3 Å². The molecule has 1 heterocycles. The van der Waals surface area contributed by atoms with Crippen molar-refractivity contribution in [1.82, 2.24) is 10.4 Å². The van der Waals surface area contributed by atoms with E-state index in [-0.39, 0.29) is 5.11 Å². The fourth-order valence-electron chi connectivity index (χ4n) is 3.20. The highest BCUT2D eigenvalue weighted by Gasteiger charge is 2.34. The van der Waals surface area contributed by atoms with Gasteiger partial charge in [0.1, 0.15) is 0 Å². The smallest absolute Gasteiger partial charge is 0.280 e. The first-order valence-corrected chi connectivity index (χ1v) is 8.76. The topological polar surface area (TPSA) is 73.5 Å². The van der Waals surface area contributed by atoms with E-state index in [0.29, 0.717) is 16.5 Å². The van der Waals surface area contributed by atoms with Crippen molar-refractivity contribution in [3.63, 3.8) is 0 Å². The Balaban J connectivity index is 1.68. The predicted octanol–water partition coefficient (Wildman–Crippen LogP) is 3.38. The number of para-hydroxylation sites is 1. The number of amides is 2. The van der Waals surface area contributed by atoms with Crippen molar-refractivity contribution in [3.05, 3.63) is 71.8 Å². The number of anilines is 2. The molecule has 0 fully saturated rings. The van der Waals surface area contributed by atoms with Crippen molar-refractivity contribution in [1.29, 1.82) is 0 Å². The highest BCUT2D eigenvalue weighted by molar-refractivity contribution is 7.80. The van der Waals surface area contributed by atoms with E-state index in [2.05, 4.69) is 16.1 Å². The molecule has 0 aliphatic carbocycles. The van der Waals surface area contributed by atoms with E-state index in [1.807, 2.05) is 42.5 Å². The Labute approximate surface area is 161 Å². The van der Waals surface area contributed by atoms with Crippen molar-refractivity contribution in [3.8, 4) is 0 Å². The maximum atomic E-state index is 12.9. The minimum absolute atomic E-state index is 0.158. The number of hydrazine groups is 1. The lowest BCUT2D eigenvalue weighted by atomic mass is 9.94. The van der Waals surface area contributed by atoms with Gasteiger partial charge < -0.3 is 10.6 Å². The highest BCUT2D eigenvalue weighted by atomic mass is 32.1. The largest absolute Gasteiger partial charge is 0.388 e. The first-order chi connectivity index (χ1) is 13.1. The van der Waals surface area contributed by atoms with Gasteiger partial charge in [0, 0.05) is 29.2 Å². The summed E-state index contributed by atoms with van der Waals surface area (Å²) in [6, 6.07) is 18.2. The molecule has 0 atom stereocenters. The van der Waals surface area contributed by atoms with Gasteiger partial charge >= 0.3 is 0 Å². The zero-order valence-corrected chi connectivity index (χ0v) is 15.3. The Morgan fingerprint density at radius 3 is 2.30 bits per heavy atom. The second-order valence-electron chi connectivity index (χ2n) is 6.02. The van der Waals surface area contributed by atoms with E-state index in [1.54, 1.807) is 25.2 Å². The zero-order chi connectivity index (χ0) is 19.0. The maximum absolute atomic E-state index is 12.9. The van der Waals surface area contributed by atoms with Crippen molar-refractivity contribution in [2.75, 3.05) is 17.7 Å². The molecule has 134 valence electrons. The summed E-state index contributed by atoms with van der Waals surface area (Å²) in [5, 5.41) is 8.65. The van der Waals surface area contributed by atoms with Crippen LogP contribution >= 0.6 is 12.2 Å². The summed E-state index contributed by atoms with van der Waals surface area (Å²) >= 11 is 5.26. The second-order valence-corrected chi connectivity index (χ2v) is 6.42. The van der Waals surface area contributed by atoms with Gasteiger partial charge in [-0.2, -0.15) is 5.01 Å². The number of carbonyl (C=O) groups excluding carboxylic acids is 2. The molecule has 6 nitrogen and oxygen atoms in total. The first-order valence-electron chi connectivity index (χ1n) is 8.35. The maximum Gasteiger partial charge on any atom is 0.280 e. The minimum Gasteiger partial charge on any atom is -0.388 e. The molecule has 0 unspecified atom stereocenters. The number of carbonyl (C=O) groups is 2. The summed E-state index contributed by atoms with van der Waals surface area (Å²) in [5.41, 5.74) is 5.24. The minimum atomic E-state index is -0.441. The average molecular weight is 376 g/mol. The van der Waals surface area contributed by atoms with Crippen LogP contribution in [-0.4, -0.2) is 29.0 Å². The second kappa shape index (κ2) is 6.69. The number of hydrogen-bond acceptors (Lipinski definition) is 4. The molecule has 7 heteroatoms. The van der Waals surface area contributed by atoms with E-state index in [4.69, 9.17) is 12.2 Å². The normalized spacial score (nSPS) is 12.9. The van der Waals surface area contributed by atoms with Gasteiger partial charge in [-0.25, -0.2) is 0 Å².